The Balaban J connectivity index is 2.71. The molecule has 5 nitrogen and oxygen atoms in total. The number of methoxy groups -OCH3 is 1. The second-order valence-electron chi connectivity index (χ2n) is 3.57. The van der Waals surface area contributed by atoms with E-state index in [-0.39, 0.29) is 5.97 Å². The number of hydrogen-bond acceptors (Lipinski definition) is 5. The van der Waals surface area contributed by atoms with E-state index in [9.17, 15) is 4.79 Å². The highest BCUT2D eigenvalue weighted by Crippen LogP contribution is 2.24. The van der Waals surface area contributed by atoms with E-state index in [1.54, 1.807) is 39.2 Å². The molecule has 94 valence electrons. The normalized spacial score (nSPS) is 11.7. The Bertz CT molecular complexity index is 393. The minimum absolute atomic E-state index is 0.303. The fourth-order valence-electron chi connectivity index (χ4n) is 1.36. The second kappa shape index (κ2) is 5.98. The van der Waals surface area contributed by atoms with Crippen molar-refractivity contribution < 1.29 is 14.3 Å². The summed E-state index contributed by atoms with van der Waals surface area (Å²) in [5.74, 6) is 0.375. The largest absolute Gasteiger partial charge is 0.497 e. The highest BCUT2D eigenvalue weighted by Gasteiger charge is 2.14. The number of benzene rings is 1. The number of anilines is 2. The fraction of sp³-hybridized carbons (Fsp3) is 0.417. The molecular formula is C12H18N2O3. The summed E-state index contributed by atoms with van der Waals surface area (Å²) >= 11 is 0. The van der Waals surface area contributed by atoms with Crippen molar-refractivity contribution in [1.82, 2.24) is 0 Å². The van der Waals surface area contributed by atoms with Crippen molar-refractivity contribution in [2.75, 3.05) is 24.8 Å². The highest BCUT2D eigenvalue weighted by atomic mass is 16.5. The molecule has 0 aliphatic carbocycles. The quantitative estimate of drug-likeness (QED) is 0.602. The zero-order valence-electron chi connectivity index (χ0n) is 10.3. The number of carbonyl (C=O) groups excluding carboxylic acids is 1. The van der Waals surface area contributed by atoms with Crippen LogP contribution in [0.2, 0.25) is 0 Å². The Morgan fingerprint density at radius 2 is 2.24 bits per heavy atom. The van der Waals surface area contributed by atoms with Crippen molar-refractivity contribution in [2.24, 2.45) is 0 Å². The predicted octanol–water partition coefficient (Wildman–Crippen LogP) is 1.64. The van der Waals surface area contributed by atoms with Crippen molar-refractivity contribution in [3.63, 3.8) is 0 Å². The first-order valence-corrected chi connectivity index (χ1v) is 5.45. The summed E-state index contributed by atoms with van der Waals surface area (Å²) in [6, 6.07) is 4.80. The number of nitrogen functional groups attached to an aromatic ring is 1. The maximum Gasteiger partial charge on any atom is 0.328 e. The zero-order valence-corrected chi connectivity index (χ0v) is 10.3. The Kier molecular flexibility index (Phi) is 4.63. The van der Waals surface area contributed by atoms with Gasteiger partial charge in [-0.1, -0.05) is 0 Å². The number of nitrogens with two attached hydrogens (primary N) is 1. The van der Waals surface area contributed by atoms with E-state index in [2.05, 4.69) is 5.32 Å². The summed E-state index contributed by atoms with van der Waals surface area (Å²) in [5, 5.41) is 2.99. The van der Waals surface area contributed by atoms with Gasteiger partial charge >= 0.3 is 5.97 Å². The van der Waals surface area contributed by atoms with Gasteiger partial charge < -0.3 is 20.5 Å². The van der Waals surface area contributed by atoms with Crippen LogP contribution in [0.15, 0.2) is 18.2 Å². The molecule has 0 amide bonds. The van der Waals surface area contributed by atoms with Crippen molar-refractivity contribution in [1.29, 1.82) is 0 Å². The van der Waals surface area contributed by atoms with Crippen LogP contribution in [0.3, 0.4) is 0 Å². The molecule has 5 heteroatoms. The van der Waals surface area contributed by atoms with Gasteiger partial charge in [-0.15, -0.1) is 0 Å². The van der Waals surface area contributed by atoms with Gasteiger partial charge in [0.15, 0.2) is 0 Å². The van der Waals surface area contributed by atoms with Gasteiger partial charge in [-0.2, -0.15) is 0 Å². The number of ether oxygens (including phenoxy) is 2. The average Bonchev–Trinajstić information content (AvgIpc) is 2.31. The number of nitrogens with one attached hydrogen (secondary N) is 1. The van der Waals surface area contributed by atoms with Crippen molar-refractivity contribution in [2.45, 2.75) is 19.9 Å². The molecule has 1 atom stereocenters. The summed E-state index contributed by atoms with van der Waals surface area (Å²) in [4.78, 5) is 11.4. The van der Waals surface area contributed by atoms with Crippen LogP contribution >= 0.6 is 0 Å². The Morgan fingerprint density at radius 1 is 1.53 bits per heavy atom. The van der Waals surface area contributed by atoms with Crippen LogP contribution in [0, 0.1) is 0 Å². The first-order chi connectivity index (χ1) is 8.08. The van der Waals surface area contributed by atoms with E-state index >= 15 is 0 Å². The summed E-state index contributed by atoms with van der Waals surface area (Å²) in [6.07, 6.45) is 0. The molecular weight excluding hydrogens is 220 g/mol. The molecule has 0 radical (unpaired) electrons. The number of rotatable bonds is 5. The summed E-state index contributed by atoms with van der Waals surface area (Å²) in [6.45, 7) is 3.86. The number of carbonyl (C=O) groups is 1. The maximum atomic E-state index is 11.4. The van der Waals surface area contributed by atoms with Crippen molar-refractivity contribution in [3.8, 4) is 5.75 Å². The van der Waals surface area contributed by atoms with Gasteiger partial charge in [0.1, 0.15) is 11.8 Å². The lowest BCUT2D eigenvalue weighted by Gasteiger charge is -2.15. The van der Waals surface area contributed by atoms with E-state index in [0.717, 1.165) is 0 Å². The highest BCUT2D eigenvalue weighted by molar-refractivity contribution is 5.81. The lowest BCUT2D eigenvalue weighted by Crippen LogP contribution is -2.28. The van der Waals surface area contributed by atoms with Gasteiger partial charge in [0.05, 0.1) is 25.1 Å². The first kappa shape index (κ1) is 13.2. The second-order valence-corrected chi connectivity index (χ2v) is 3.57. The smallest absolute Gasteiger partial charge is 0.328 e. The fourth-order valence-corrected chi connectivity index (χ4v) is 1.36. The van der Waals surface area contributed by atoms with Gasteiger partial charge in [-0.3, -0.25) is 0 Å². The van der Waals surface area contributed by atoms with E-state index < -0.39 is 6.04 Å². The van der Waals surface area contributed by atoms with Gasteiger partial charge in [0.2, 0.25) is 0 Å². The van der Waals surface area contributed by atoms with E-state index in [4.69, 9.17) is 15.2 Å². The standard InChI is InChI=1S/C12H18N2O3/c1-4-17-12(15)8(2)14-11-6-5-9(16-3)7-10(11)13/h5-8,14H,4,13H2,1-3H3. The maximum absolute atomic E-state index is 11.4. The molecule has 1 unspecified atom stereocenters. The first-order valence-electron chi connectivity index (χ1n) is 5.45. The minimum Gasteiger partial charge on any atom is -0.497 e. The van der Waals surface area contributed by atoms with Crippen LogP contribution in [-0.2, 0) is 9.53 Å². The van der Waals surface area contributed by atoms with Gasteiger partial charge in [-0.05, 0) is 26.0 Å². The summed E-state index contributed by atoms with van der Waals surface area (Å²) in [5.41, 5.74) is 7.04. The molecule has 0 saturated carbocycles. The number of hydrogen-bond donors (Lipinski definition) is 2. The molecule has 0 spiro atoms. The SMILES string of the molecule is CCOC(=O)C(C)Nc1ccc(OC)cc1N. The minimum atomic E-state index is -0.439. The van der Waals surface area contributed by atoms with Gasteiger partial charge in [0, 0.05) is 6.07 Å². The molecule has 0 saturated heterocycles. The summed E-state index contributed by atoms with van der Waals surface area (Å²) in [7, 11) is 1.57. The molecule has 0 heterocycles. The van der Waals surface area contributed by atoms with Crippen LogP contribution in [0.25, 0.3) is 0 Å². The Morgan fingerprint density at radius 3 is 2.76 bits per heavy atom. The molecule has 0 bridgehead atoms. The molecule has 1 rings (SSSR count). The Hall–Kier alpha value is -1.91. The van der Waals surface area contributed by atoms with Crippen LogP contribution in [0.5, 0.6) is 5.75 Å². The van der Waals surface area contributed by atoms with Crippen LogP contribution in [0.1, 0.15) is 13.8 Å². The third-order valence-electron chi connectivity index (χ3n) is 2.27. The predicted molar refractivity (Wildman–Crippen MR) is 67.1 cm³/mol. The third-order valence-corrected chi connectivity index (χ3v) is 2.27. The summed E-state index contributed by atoms with van der Waals surface area (Å²) < 4.78 is 9.94. The molecule has 0 aliphatic heterocycles. The average molecular weight is 238 g/mol. The molecule has 17 heavy (non-hydrogen) atoms. The topological polar surface area (TPSA) is 73.6 Å². The number of esters is 1. The lowest BCUT2D eigenvalue weighted by molar-refractivity contribution is -0.143. The van der Waals surface area contributed by atoms with Crippen molar-refractivity contribution >= 4 is 17.3 Å². The lowest BCUT2D eigenvalue weighted by atomic mass is 10.2. The van der Waals surface area contributed by atoms with E-state index in [0.29, 0.717) is 23.7 Å². The third kappa shape index (κ3) is 3.55. The molecule has 3 N–H and O–H groups in total. The van der Waals surface area contributed by atoms with Gasteiger partial charge in [-0.25, -0.2) is 4.79 Å². The van der Waals surface area contributed by atoms with Crippen LogP contribution in [0.4, 0.5) is 11.4 Å². The Labute approximate surface area is 101 Å². The van der Waals surface area contributed by atoms with Gasteiger partial charge in [0.25, 0.3) is 0 Å². The monoisotopic (exact) mass is 238 g/mol. The molecule has 1 aromatic carbocycles. The van der Waals surface area contributed by atoms with Crippen LogP contribution < -0.4 is 15.8 Å². The molecule has 0 fully saturated rings. The molecule has 1 aromatic rings. The van der Waals surface area contributed by atoms with E-state index in [1.165, 1.54) is 0 Å². The zero-order chi connectivity index (χ0) is 12.8. The van der Waals surface area contributed by atoms with Crippen molar-refractivity contribution in [3.05, 3.63) is 18.2 Å². The van der Waals surface area contributed by atoms with E-state index in [1.807, 2.05) is 0 Å². The molecule has 0 aromatic heterocycles. The van der Waals surface area contributed by atoms with Crippen LogP contribution in [-0.4, -0.2) is 25.7 Å². The molecule has 0 aliphatic rings.